The van der Waals surface area contributed by atoms with Crippen LogP contribution in [0.1, 0.15) is 12.0 Å². The van der Waals surface area contributed by atoms with Gasteiger partial charge < -0.3 is 16.4 Å². The van der Waals surface area contributed by atoms with E-state index in [4.69, 9.17) is 11.5 Å². The van der Waals surface area contributed by atoms with Gasteiger partial charge in [0.1, 0.15) is 5.82 Å². The van der Waals surface area contributed by atoms with Crippen LogP contribution in [0.15, 0.2) is 10.7 Å². The van der Waals surface area contributed by atoms with Crippen molar-refractivity contribution in [2.24, 2.45) is 5.73 Å². The highest BCUT2D eigenvalue weighted by Crippen LogP contribution is 2.33. The summed E-state index contributed by atoms with van der Waals surface area (Å²) in [6.07, 6.45) is 2.00. The molecule has 0 saturated carbocycles. The lowest BCUT2D eigenvalue weighted by atomic mass is 10.2. The molecule has 4 N–H and O–H groups in total. The summed E-state index contributed by atoms with van der Waals surface area (Å²) >= 11 is 3.38. The average molecular weight is 285 g/mol. The van der Waals surface area contributed by atoms with E-state index in [1.165, 1.54) is 0 Å². The summed E-state index contributed by atoms with van der Waals surface area (Å²) in [6.45, 7) is 2.40. The zero-order valence-electron chi connectivity index (χ0n) is 8.90. The Kier molecular flexibility index (Phi) is 2.86. The van der Waals surface area contributed by atoms with Gasteiger partial charge in [-0.1, -0.05) is 0 Å². The van der Waals surface area contributed by atoms with Crippen molar-refractivity contribution in [2.75, 3.05) is 17.2 Å². The van der Waals surface area contributed by atoms with E-state index in [-0.39, 0.29) is 11.9 Å². The van der Waals surface area contributed by atoms with Gasteiger partial charge in [0, 0.05) is 29.7 Å². The van der Waals surface area contributed by atoms with Crippen molar-refractivity contribution in [3.63, 3.8) is 0 Å². The fourth-order valence-electron chi connectivity index (χ4n) is 1.88. The second-order valence-corrected chi connectivity index (χ2v) is 4.79. The van der Waals surface area contributed by atoms with E-state index in [1.54, 1.807) is 11.1 Å². The first-order valence-electron chi connectivity index (χ1n) is 4.97. The van der Waals surface area contributed by atoms with E-state index in [2.05, 4.69) is 20.9 Å². The van der Waals surface area contributed by atoms with E-state index in [1.807, 2.05) is 6.92 Å². The lowest BCUT2D eigenvalue weighted by Crippen LogP contribution is -2.29. The molecule has 0 radical (unpaired) electrons. The number of hydrogen-bond acceptors (Lipinski definition) is 4. The standard InChI is InChI=1S/C10H13BrN4O/c1-5-7(11)3-14-10(13)9(5)15-4-6(12)2-8(15)16/h3,6H,2,4,12H2,1H3,(H2,13,14). The number of aromatic nitrogens is 1. The number of anilines is 2. The fourth-order valence-corrected chi connectivity index (χ4v) is 2.17. The van der Waals surface area contributed by atoms with Crippen LogP contribution in [0.25, 0.3) is 0 Å². The Morgan fingerprint density at radius 1 is 1.62 bits per heavy atom. The number of nitrogens with zero attached hydrogens (tertiary/aromatic N) is 2. The Bertz CT molecular complexity index is 449. The van der Waals surface area contributed by atoms with E-state index < -0.39 is 0 Å². The largest absolute Gasteiger partial charge is 0.382 e. The van der Waals surface area contributed by atoms with Crippen LogP contribution in [0.5, 0.6) is 0 Å². The highest BCUT2D eigenvalue weighted by molar-refractivity contribution is 9.10. The molecule has 5 nitrogen and oxygen atoms in total. The summed E-state index contributed by atoms with van der Waals surface area (Å²) in [4.78, 5) is 17.4. The fraction of sp³-hybridized carbons (Fsp3) is 0.400. The van der Waals surface area contributed by atoms with Crippen LogP contribution in [0.3, 0.4) is 0 Å². The zero-order valence-corrected chi connectivity index (χ0v) is 10.5. The SMILES string of the molecule is Cc1c(Br)cnc(N)c1N1CC(N)CC1=O. The van der Waals surface area contributed by atoms with Gasteiger partial charge in [0.05, 0.1) is 5.69 Å². The first-order chi connectivity index (χ1) is 7.50. The number of rotatable bonds is 1. The van der Waals surface area contributed by atoms with Crippen molar-refractivity contribution in [3.8, 4) is 0 Å². The first kappa shape index (κ1) is 11.3. The molecule has 1 unspecified atom stereocenters. The number of hydrogen-bond donors (Lipinski definition) is 2. The molecular formula is C10H13BrN4O. The molecule has 16 heavy (non-hydrogen) atoms. The maximum absolute atomic E-state index is 11.7. The van der Waals surface area contributed by atoms with Gasteiger partial charge in [-0.15, -0.1) is 0 Å². The molecule has 0 aromatic carbocycles. The molecule has 1 atom stereocenters. The van der Waals surface area contributed by atoms with Gasteiger partial charge in [0.25, 0.3) is 0 Å². The first-order valence-corrected chi connectivity index (χ1v) is 5.76. The summed E-state index contributed by atoms with van der Waals surface area (Å²) in [5.74, 6) is 0.366. The minimum Gasteiger partial charge on any atom is -0.382 e. The molecule has 86 valence electrons. The molecule has 2 rings (SSSR count). The second kappa shape index (κ2) is 4.03. The van der Waals surface area contributed by atoms with Crippen LogP contribution >= 0.6 is 15.9 Å². The van der Waals surface area contributed by atoms with Crippen LogP contribution in [0.2, 0.25) is 0 Å². The highest BCUT2D eigenvalue weighted by atomic mass is 79.9. The van der Waals surface area contributed by atoms with Crippen molar-refractivity contribution in [2.45, 2.75) is 19.4 Å². The molecule has 1 fully saturated rings. The number of nitrogens with two attached hydrogens (primary N) is 2. The summed E-state index contributed by atoms with van der Waals surface area (Å²) in [5.41, 5.74) is 13.2. The van der Waals surface area contributed by atoms with Crippen molar-refractivity contribution in [3.05, 3.63) is 16.2 Å². The minimum atomic E-state index is -0.120. The molecule has 1 aromatic heterocycles. The molecule has 1 amide bonds. The van der Waals surface area contributed by atoms with E-state index in [0.29, 0.717) is 24.5 Å². The number of nitrogen functional groups attached to an aromatic ring is 1. The lowest BCUT2D eigenvalue weighted by molar-refractivity contribution is -0.117. The van der Waals surface area contributed by atoms with E-state index in [9.17, 15) is 4.79 Å². The molecule has 0 spiro atoms. The molecule has 2 heterocycles. The molecule has 0 aliphatic carbocycles. The van der Waals surface area contributed by atoms with Crippen molar-refractivity contribution < 1.29 is 4.79 Å². The molecule has 6 heteroatoms. The normalized spacial score (nSPS) is 20.6. The molecule has 0 bridgehead atoms. The van der Waals surface area contributed by atoms with Crippen LogP contribution in [-0.4, -0.2) is 23.5 Å². The Labute approximate surface area is 102 Å². The third-order valence-electron chi connectivity index (χ3n) is 2.70. The summed E-state index contributed by atoms with van der Waals surface area (Å²) in [7, 11) is 0. The predicted molar refractivity (Wildman–Crippen MR) is 66.0 cm³/mol. The Hall–Kier alpha value is -1.14. The summed E-state index contributed by atoms with van der Waals surface area (Å²) < 4.78 is 0.838. The lowest BCUT2D eigenvalue weighted by Gasteiger charge is -2.20. The zero-order chi connectivity index (χ0) is 11.9. The molecule has 1 saturated heterocycles. The third-order valence-corrected chi connectivity index (χ3v) is 3.50. The maximum Gasteiger partial charge on any atom is 0.228 e. The minimum absolute atomic E-state index is 0.00204. The van der Waals surface area contributed by atoms with Crippen LogP contribution in [-0.2, 0) is 4.79 Å². The van der Waals surface area contributed by atoms with Gasteiger partial charge in [0.2, 0.25) is 5.91 Å². The number of carbonyl (C=O) groups excluding carboxylic acids is 1. The number of pyridine rings is 1. The monoisotopic (exact) mass is 284 g/mol. The number of halogens is 1. The van der Waals surface area contributed by atoms with Crippen LogP contribution in [0.4, 0.5) is 11.5 Å². The van der Waals surface area contributed by atoms with Gasteiger partial charge in [-0.3, -0.25) is 4.79 Å². The van der Waals surface area contributed by atoms with Crippen molar-refractivity contribution in [1.82, 2.24) is 4.98 Å². The molecular weight excluding hydrogens is 272 g/mol. The van der Waals surface area contributed by atoms with Gasteiger partial charge >= 0.3 is 0 Å². The smallest absolute Gasteiger partial charge is 0.228 e. The number of amides is 1. The average Bonchev–Trinajstić information content (AvgIpc) is 2.53. The third kappa shape index (κ3) is 1.78. The van der Waals surface area contributed by atoms with Crippen LogP contribution in [0, 0.1) is 6.92 Å². The Morgan fingerprint density at radius 2 is 2.31 bits per heavy atom. The van der Waals surface area contributed by atoms with Gasteiger partial charge in [-0.25, -0.2) is 4.98 Å². The quantitative estimate of drug-likeness (QED) is 0.799. The topological polar surface area (TPSA) is 85.2 Å². The highest BCUT2D eigenvalue weighted by Gasteiger charge is 2.31. The second-order valence-electron chi connectivity index (χ2n) is 3.93. The summed E-state index contributed by atoms with van der Waals surface area (Å²) in [6, 6.07) is -0.120. The maximum atomic E-state index is 11.7. The van der Waals surface area contributed by atoms with E-state index in [0.717, 1.165) is 10.0 Å². The van der Waals surface area contributed by atoms with Crippen LogP contribution < -0.4 is 16.4 Å². The van der Waals surface area contributed by atoms with Gasteiger partial charge in [-0.2, -0.15) is 0 Å². The predicted octanol–water partition coefficient (Wildman–Crippen LogP) is 0.799. The van der Waals surface area contributed by atoms with Crippen molar-refractivity contribution in [1.29, 1.82) is 0 Å². The van der Waals surface area contributed by atoms with E-state index >= 15 is 0 Å². The van der Waals surface area contributed by atoms with Gasteiger partial charge in [-0.05, 0) is 28.4 Å². The Balaban J connectivity index is 2.48. The van der Waals surface area contributed by atoms with Gasteiger partial charge in [0.15, 0.2) is 0 Å². The summed E-state index contributed by atoms with van der Waals surface area (Å²) in [5, 5.41) is 0. The number of carbonyl (C=O) groups is 1. The molecule has 1 aliphatic heterocycles. The van der Waals surface area contributed by atoms with Crippen molar-refractivity contribution >= 4 is 33.3 Å². The molecule has 1 aromatic rings. The Morgan fingerprint density at radius 3 is 2.88 bits per heavy atom. The molecule has 1 aliphatic rings.